The molecule has 0 spiro atoms. The number of rotatable bonds is 4. The molecule has 1 N–H and O–H groups in total. The van der Waals surface area contributed by atoms with E-state index in [1.807, 2.05) is 4.90 Å². The molecule has 0 aromatic heterocycles. The smallest absolute Gasteiger partial charge is 0.223 e. The lowest BCUT2D eigenvalue weighted by Gasteiger charge is -2.35. The van der Waals surface area contributed by atoms with Gasteiger partial charge in [0.25, 0.3) is 0 Å². The second-order valence-corrected chi connectivity index (χ2v) is 3.95. The van der Waals surface area contributed by atoms with E-state index in [0.717, 1.165) is 25.8 Å². The van der Waals surface area contributed by atoms with Crippen LogP contribution in [0.15, 0.2) is 0 Å². The number of aliphatic hydroxyl groups is 1. The van der Waals surface area contributed by atoms with E-state index in [1.54, 1.807) is 0 Å². The number of hydrogen-bond acceptors (Lipinski definition) is 2. The molecule has 3 nitrogen and oxygen atoms in total. The van der Waals surface area contributed by atoms with E-state index in [1.165, 1.54) is 0 Å². The van der Waals surface area contributed by atoms with E-state index >= 15 is 0 Å². The fraction of sp³-hybridized carbons (Fsp3) is 0.750. The van der Waals surface area contributed by atoms with Crippen molar-refractivity contribution in [3.05, 3.63) is 0 Å². The monoisotopic (exact) mass is 209 g/mol. The Hall–Kier alpha value is -1.01. The Morgan fingerprint density at radius 3 is 3.00 bits per heavy atom. The summed E-state index contributed by atoms with van der Waals surface area (Å²) >= 11 is 0. The summed E-state index contributed by atoms with van der Waals surface area (Å²) in [6.45, 7) is 0.984. The van der Waals surface area contributed by atoms with E-state index in [0.29, 0.717) is 19.3 Å². The van der Waals surface area contributed by atoms with Crippen LogP contribution in [0.4, 0.5) is 0 Å². The summed E-state index contributed by atoms with van der Waals surface area (Å²) in [5.74, 6) is 2.63. The molecule has 0 aliphatic carbocycles. The molecule has 1 unspecified atom stereocenters. The third-order valence-electron chi connectivity index (χ3n) is 2.89. The Morgan fingerprint density at radius 2 is 2.33 bits per heavy atom. The molecule has 1 rings (SSSR count). The quantitative estimate of drug-likeness (QED) is 0.706. The van der Waals surface area contributed by atoms with E-state index < -0.39 is 0 Å². The minimum atomic E-state index is 0.145. The number of likely N-dealkylation sites (tertiary alicyclic amines) is 1. The third kappa shape index (κ3) is 3.56. The third-order valence-corrected chi connectivity index (χ3v) is 2.89. The van der Waals surface area contributed by atoms with Crippen LogP contribution in [0.1, 0.15) is 38.5 Å². The normalized spacial score (nSPS) is 21.1. The maximum absolute atomic E-state index is 11.8. The van der Waals surface area contributed by atoms with Crippen LogP contribution in [-0.4, -0.2) is 35.1 Å². The van der Waals surface area contributed by atoms with Crippen molar-refractivity contribution in [2.75, 3.05) is 13.2 Å². The first kappa shape index (κ1) is 12.1. The van der Waals surface area contributed by atoms with Gasteiger partial charge in [0.05, 0.1) is 0 Å². The van der Waals surface area contributed by atoms with Gasteiger partial charge in [-0.3, -0.25) is 4.79 Å². The number of terminal acetylenes is 1. The molecule has 0 aromatic carbocycles. The molecule has 0 saturated carbocycles. The van der Waals surface area contributed by atoms with Crippen LogP contribution in [-0.2, 0) is 4.79 Å². The summed E-state index contributed by atoms with van der Waals surface area (Å²) in [5.41, 5.74) is 0. The summed E-state index contributed by atoms with van der Waals surface area (Å²) in [7, 11) is 0. The van der Waals surface area contributed by atoms with Gasteiger partial charge in [-0.25, -0.2) is 0 Å². The minimum absolute atomic E-state index is 0.145. The van der Waals surface area contributed by atoms with Crippen LogP contribution < -0.4 is 0 Å². The van der Waals surface area contributed by atoms with Gasteiger partial charge in [-0.15, -0.1) is 12.3 Å². The Kier molecular flexibility index (Phi) is 5.20. The molecular formula is C12H19NO2. The van der Waals surface area contributed by atoms with E-state index in [2.05, 4.69) is 5.92 Å². The van der Waals surface area contributed by atoms with Crippen molar-refractivity contribution >= 4 is 5.91 Å². The topological polar surface area (TPSA) is 40.5 Å². The summed E-state index contributed by atoms with van der Waals surface area (Å²) in [4.78, 5) is 13.7. The SMILES string of the molecule is C#CCCC(=O)N1CCCCC1CCO. The van der Waals surface area contributed by atoms with Crippen molar-refractivity contribution in [3.8, 4) is 12.3 Å². The van der Waals surface area contributed by atoms with Gasteiger partial charge >= 0.3 is 0 Å². The van der Waals surface area contributed by atoms with Crippen molar-refractivity contribution in [3.63, 3.8) is 0 Å². The molecule has 84 valence electrons. The molecule has 1 atom stereocenters. The number of carbonyl (C=O) groups excluding carboxylic acids is 1. The van der Waals surface area contributed by atoms with E-state index in [4.69, 9.17) is 11.5 Å². The van der Waals surface area contributed by atoms with Crippen LogP contribution in [0.3, 0.4) is 0 Å². The largest absolute Gasteiger partial charge is 0.396 e. The number of nitrogens with zero attached hydrogens (tertiary/aromatic N) is 1. The van der Waals surface area contributed by atoms with Crippen LogP contribution in [0.5, 0.6) is 0 Å². The average Bonchev–Trinajstić information content (AvgIpc) is 2.27. The first-order chi connectivity index (χ1) is 7.29. The lowest BCUT2D eigenvalue weighted by atomic mass is 9.99. The standard InChI is InChI=1S/C12H19NO2/c1-2-3-7-12(15)13-9-5-4-6-11(13)8-10-14/h1,11,14H,3-10H2. The van der Waals surface area contributed by atoms with Crippen molar-refractivity contribution in [2.24, 2.45) is 0 Å². The van der Waals surface area contributed by atoms with Gasteiger partial charge in [0.15, 0.2) is 0 Å². The number of amides is 1. The molecule has 3 heteroatoms. The van der Waals surface area contributed by atoms with Crippen LogP contribution in [0.2, 0.25) is 0 Å². The minimum Gasteiger partial charge on any atom is -0.396 e. The zero-order valence-corrected chi connectivity index (χ0v) is 9.11. The van der Waals surface area contributed by atoms with Crippen molar-refractivity contribution in [2.45, 2.75) is 44.6 Å². The molecule has 1 aliphatic heterocycles. The Balaban J connectivity index is 2.48. The molecule has 15 heavy (non-hydrogen) atoms. The predicted molar refractivity (Wildman–Crippen MR) is 59.1 cm³/mol. The van der Waals surface area contributed by atoms with Gasteiger partial charge in [-0.1, -0.05) is 0 Å². The highest BCUT2D eigenvalue weighted by Gasteiger charge is 2.25. The molecule has 1 aliphatic rings. The average molecular weight is 209 g/mol. The van der Waals surface area contributed by atoms with Gasteiger partial charge in [-0.2, -0.15) is 0 Å². The molecule has 0 aromatic rings. The summed E-state index contributed by atoms with van der Waals surface area (Å²) in [6, 6.07) is 0.231. The highest BCUT2D eigenvalue weighted by molar-refractivity contribution is 5.76. The molecule has 0 radical (unpaired) electrons. The van der Waals surface area contributed by atoms with E-state index in [-0.39, 0.29) is 18.6 Å². The number of piperidine rings is 1. The molecule has 1 amide bonds. The lowest BCUT2D eigenvalue weighted by molar-refractivity contribution is -0.135. The maximum Gasteiger partial charge on any atom is 0.223 e. The van der Waals surface area contributed by atoms with Gasteiger partial charge in [0.1, 0.15) is 0 Å². The number of hydrogen-bond donors (Lipinski definition) is 1. The molecular weight excluding hydrogens is 190 g/mol. The fourth-order valence-corrected chi connectivity index (χ4v) is 2.10. The van der Waals surface area contributed by atoms with Crippen LogP contribution in [0, 0.1) is 12.3 Å². The Morgan fingerprint density at radius 1 is 1.53 bits per heavy atom. The molecule has 1 saturated heterocycles. The zero-order valence-electron chi connectivity index (χ0n) is 9.11. The highest BCUT2D eigenvalue weighted by atomic mass is 16.3. The van der Waals surface area contributed by atoms with Crippen molar-refractivity contribution in [1.29, 1.82) is 0 Å². The first-order valence-corrected chi connectivity index (χ1v) is 5.63. The molecule has 1 fully saturated rings. The number of aliphatic hydroxyl groups excluding tert-OH is 1. The fourth-order valence-electron chi connectivity index (χ4n) is 2.10. The molecule has 0 bridgehead atoms. The van der Waals surface area contributed by atoms with Gasteiger partial charge in [0, 0.05) is 32.0 Å². The zero-order chi connectivity index (χ0) is 11.1. The van der Waals surface area contributed by atoms with Gasteiger partial charge < -0.3 is 10.0 Å². The Labute approximate surface area is 91.5 Å². The van der Waals surface area contributed by atoms with Gasteiger partial charge in [0.2, 0.25) is 5.91 Å². The maximum atomic E-state index is 11.8. The second-order valence-electron chi connectivity index (χ2n) is 3.95. The lowest BCUT2D eigenvalue weighted by Crippen LogP contribution is -2.44. The van der Waals surface area contributed by atoms with Crippen LogP contribution in [0.25, 0.3) is 0 Å². The molecule has 1 heterocycles. The first-order valence-electron chi connectivity index (χ1n) is 5.63. The van der Waals surface area contributed by atoms with Gasteiger partial charge in [-0.05, 0) is 25.7 Å². The van der Waals surface area contributed by atoms with Crippen molar-refractivity contribution < 1.29 is 9.90 Å². The predicted octanol–water partition coefficient (Wildman–Crippen LogP) is 1.16. The number of carbonyl (C=O) groups is 1. The van der Waals surface area contributed by atoms with E-state index in [9.17, 15) is 4.79 Å². The highest BCUT2D eigenvalue weighted by Crippen LogP contribution is 2.20. The van der Waals surface area contributed by atoms with Crippen LogP contribution >= 0.6 is 0 Å². The summed E-state index contributed by atoms with van der Waals surface area (Å²) in [6.07, 6.45) is 10.0. The summed E-state index contributed by atoms with van der Waals surface area (Å²) in [5, 5.41) is 8.92. The summed E-state index contributed by atoms with van der Waals surface area (Å²) < 4.78 is 0. The Bertz CT molecular complexity index is 242. The second kappa shape index (κ2) is 6.47. The van der Waals surface area contributed by atoms with Crippen molar-refractivity contribution in [1.82, 2.24) is 4.90 Å².